The quantitative estimate of drug-likeness (QED) is 0.299. The predicted molar refractivity (Wildman–Crippen MR) is 129 cm³/mol. The lowest BCUT2D eigenvalue weighted by Gasteiger charge is -2.33. The molecule has 0 bridgehead atoms. The summed E-state index contributed by atoms with van der Waals surface area (Å²) in [6.07, 6.45) is 7.50. The normalized spacial score (nSPS) is 12.6. The number of furan rings is 1. The largest absolute Gasteiger partial charge is 0.481 e. The van der Waals surface area contributed by atoms with Crippen LogP contribution in [-0.4, -0.2) is 18.7 Å². The number of amides is 1. The molecular formula is C23H28Br2N2O3. The minimum Gasteiger partial charge on any atom is -0.481 e. The smallest absolute Gasteiger partial charge is 0.277 e. The number of allylic oxidation sites excluding steroid dienone is 1. The second-order valence-corrected chi connectivity index (χ2v) is 10.6. The number of carbonyl (C=O) groups excluding carboxylic acids is 1. The maximum Gasteiger partial charge on any atom is 0.277 e. The summed E-state index contributed by atoms with van der Waals surface area (Å²) in [4.78, 5) is 12.0. The average molecular weight is 540 g/mol. The van der Waals surface area contributed by atoms with Gasteiger partial charge in [-0.3, -0.25) is 4.79 Å². The van der Waals surface area contributed by atoms with Crippen molar-refractivity contribution in [2.75, 3.05) is 6.61 Å². The van der Waals surface area contributed by atoms with E-state index in [1.165, 1.54) is 11.8 Å². The van der Waals surface area contributed by atoms with E-state index in [-0.39, 0.29) is 23.3 Å². The number of halogens is 2. The van der Waals surface area contributed by atoms with E-state index >= 15 is 0 Å². The standard InChI is InChI=1S/C23H28Br2N2O3/c1-22(2,3)15-23(4,5)16-12-18(24)21(19(25)13-16)30-14-20(28)27-26-10-6-8-17-9-7-11-29-17/h6-13H,14-15H2,1-5H3,(H,27,28)/b8-6+,26-10+. The average Bonchev–Trinajstić information content (AvgIpc) is 3.12. The molecule has 2 rings (SSSR count). The molecule has 2 aromatic rings. The minimum atomic E-state index is -0.353. The van der Waals surface area contributed by atoms with Gasteiger partial charge in [-0.2, -0.15) is 5.10 Å². The van der Waals surface area contributed by atoms with Gasteiger partial charge in [0.15, 0.2) is 6.61 Å². The van der Waals surface area contributed by atoms with Gasteiger partial charge in [0.25, 0.3) is 5.91 Å². The highest BCUT2D eigenvalue weighted by Gasteiger charge is 2.28. The highest BCUT2D eigenvalue weighted by atomic mass is 79.9. The fourth-order valence-corrected chi connectivity index (χ4v) is 4.78. The first-order valence-corrected chi connectivity index (χ1v) is 11.2. The van der Waals surface area contributed by atoms with Gasteiger partial charge >= 0.3 is 0 Å². The Bertz CT molecular complexity index is 888. The van der Waals surface area contributed by atoms with Gasteiger partial charge in [0.1, 0.15) is 11.5 Å². The highest BCUT2D eigenvalue weighted by Crippen LogP contribution is 2.42. The van der Waals surface area contributed by atoms with E-state index in [1.54, 1.807) is 24.5 Å². The Balaban J connectivity index is 1.94. The van der Waals surface area contributed by atoms with Gasteiger partial charge in [-0.05, 0) is 91.1 Å². The molecular weight excluding hydrogens is 512 g/mol. The van der Waals surface area contributed by atoms with Crippen LogP contribution >= 0.6 is 31.9 Å². The Morgan fingerprint density at radius 2 is 1.87 bits per heavy atom. The van der Waals surface area contributed by atoms with Crippen LogP contribution in [0, 0.1) is 5.41 Å². The van der Waals surface area contributed by atoms with Crippen molar-refractivity contribution in [3.8, 4) is 5.75 Å². The predicted octanol–water partition coefficient (Wildman–Crippen LogP) is 6.71. The summed E-state index contributed by atoms with van der Waals surface area (Å²) >= 11 is 7.16. The van der Waals surface area contributed by atoms with Gasteiger partial charge in [-0.25, -0.2) is 5.43 Å². The number of benzene rings is 1. The van der Waals surface area contributed by atoms with Crippen molar-refractivity contribution >= 4 is 50.1 Å². The fraction of sp³-hybridized carbons (Fsp3) is 0.391. The summed E-state index contributed by atoms with van der Waals surface area (Å²) in [5.74, 6) is 0.940. The second-order valence-electron chi connectivity index (χ2n) is 8.87. The van der Waals surface area contributed by atoms with E-state index in [0.29, 0.717) is 11.5 Å². The molecule has 0 aliphatic carbocycles. The molecule has 5 nitrogen and oxygen atoms in total. The van der Waals surface area contributed by atoms with E-state index < -0.39 is 0 Å². The number of nitrogens with one attached hydrogen (secondary N) is 1. The van der Waals surface area contributed by atoms with Crippen LogP contribution in [0.15, 0.2) is 55.1 Å². The molecule has 0 aliphatic heterocycles. The molecule has 0 spiro atoms. The molecule has 0 saturated carbocycles. The Labute approximate surface area is 195 Å². The fourth-order valence-electron chi connectivity index (χ4n) is 3.36. The molecule has 0 radical (unpaired) electrons. The molecule has 0 unspecified atom stereocenters. The summed E-state index contributed by atoms with van der Waals surface area (Å²) < 4.78 is 12.5. The molecule has 0 fully saturated rings. The van der Waals surface area contributed by atoms with Crippen LogP contribution in [-0.2, 0) is 10.2 Å². The SMILES string of the molecule is CC(C)(C)CC(C)(C)c1cc(Br)c(OCC(=O)N/N=C/C=C/c2ccco2)c(Br)c1. The van der Waals surface area contributed by atoms with Crippen molar-refractivity contribution < 1.29 is 13.9 Å². The number of ether oxygens (including phenoxy) is 1. The molecule has 162 valence electrons. The molecule has 1 aromatic heterocycles. The monoisotopic (exact) mass is 538 g/mol. The van der Waals surface area contributed by atoms with Crippen molar-refractivity contribution in [1.29, 1.82) is 0 Å². The van der Waals surface area contributed by atoms with E-state index in [1.807, 2.05) is 6.07 Å². The molecule has 7 heteroatoms. The molecule has 0 atom stereocenters. The lowest BCUT2D eigenvalue weighted by Crippen LogP contribution is -2.25. The number of carbonyl (C=O) groups is 1. The third-order valence-corrected chi connectivity index (χ3v) is 5.43. The minimum absolute atomic E-state index is 0.00290. The van der Waals surface area contributed by atoms with Crippen LogP contribution in [0.2, 0.25) is 0 Å². The third-order valence-electron chi connectivity index (χ3n) is 4.25. The molecule has 0 aliphatic rings. The number of nitrogens with zero attached hydrogens (tertiary/aromatic N) is 1. The summed E-state index contributed by atoms with van der Waals surface area (Å²) in [6, 6.07) is 7.73. The van der Waals surface area contributed by atoms with Gasteiger partial charge in [0, 0.05) is 6.21 Å². The summed E-state index contributed by atoms with van der Waals surface area (Å²) in [5, 5.41) is 3.85. The van der Waals surface area contributed by atoms with Crippen LogP contribution < -0.4 is 10.2 Å². The number of rotatable bonds is 8. The maximum atomic E-state index is 12.0. The Morgan fingerprint density at radius 3 is 2.43 bits per heavy atom. The Hall–Kier alpha value is -1.86. The van der Waals surface area contributed by atoms with Gasteiger partial charge in [-0.1, -0.05) is 34.6 Å². The van der Waals surface area contributed by atoms with Crippen LogP contribution in [0.5, 0.6) is 5.75 Å². The van der Waals surface area contributed by atoms with Crippen molar-refractivity contribution in [2.45, 2.75) is 46.5 Å². The van der Waals surface area contributed by atoms with Crippen molar-refractivity contribution in [3.63, 3.8) is 0 Å². The van der Waals surface area contributed by atoms with Crippen LogP contribution in [0.4, 0.5) is 0 Å². The first-order valence-electron chi connectivity index (χ1n) is 9.62. The summed E-state index contributed by atoms with van der Waals surface area (Å²) in [7, 11) is 0. The zero-order chi connectivity index (χ0) is 22.4. The van der Waals surface area contributed by atoms with Gasteiger partial charge in [-0.15, -0.1) is 0 Å². The topological polar surface area (TPSA) is 63.8 Å². The molecule has 1 N–H and O–H groups in total. The molecule has 1 heterocycles. The summed E-state index contributed by atoms with van der Waals surface area (Å²) in [6.45, 7) is 11.0. The highest BCUT2D eigenvalue weighted by molar-refractivity contribution is 9.11. The molecule has 0 saturated heterocycles. The molecule has 1 aromatic carbocycles. The summed E-state index contributed by atoms with van der Waals surface area (Å²) in [5.41, 5.74) is 3.83. The molecule has 30 heavy (non-hydrogen) atoms. The van der Waals surface area contributed by atoms with Gasteiger partial charge in [0.05, 0.1) is 15.2 Å². The second kappa shape index (κ2) is 10.4. The van der Waals surface area contributed by atoms with Crippen molar-refractivity contribution in [3.05, 3.63) is 56.9 Å². The lowest BCUT2D eigenvalue weighted by molar-refractivity contribution is -0.123. The first-order chi connectivity index (χ1) is 14.0. The van der Waals surface area contributed by atoms with Crippen LogP contribution in [0.25, 0.3) is 6.08 Å². The lowest BCUT2D eigenvalue weighted by atomic mass is 9.72. The van der Waals surface area contributed by atoms with Crippen LogP contribution in [0.1, 0.15) is 52.4 Å². The van der Waals surface area contributed by atoms with E-state index in [4.69, 9.17) is 9.15 Å². The van der Waals surface area contributed by atoms with E-state index in [9.17, 15) is 4.79 Å². The van der Waals surface area contributed by atoms with Crippen molar-refractivity contribution in [1.82, 2.24) is 5.43 Å². The number of hydrogen-bond acceptors (Lipinski definition) is 4. The first kappa shape index (κ1) is 24.4. The number of hydrogen-bond donors (Lipinski definition) is 1. The zero-order valence-corrected chi connectivity index (χ0v) is 21.1. The Kier molecular flexibility index (Phi) is 8.50. The van der Waals surface area contributed by atoms with E-state index in [0.717, 1.165) is 15.4 Å². The third kappa shape index (κ3) is 7.76. The van der Waals surface area contributed by atoms with Crippen molar-refractivity contribution in [2.24, 2.45) is 10.5 Å². The zero-order valence-electron chi connectivity index (χ0n) is 18.0. The van der Waals surface area contributed by atoms with Gasteiger partial charge in [0.2, 0.25) is 0 Å². The van der Waals surface area contributed by atoms with Crippen LogP contribution in [0.3, 0.4) is 0 Å². The molecule has 1 amide bonds. The van der Waals surface area contributed by atoms with Gasteiger partial charge < -0.3 is 9.15 Å². The number of hydrazone groups is 1. The van der Waals surface area contributed by atoms with E-state index in [2.05, 4.69) is 89.1 Å². The Morgan fingerprint density at radius 1 is 1.20 bits per heavy atom. The maximum absolute atomic E-state index is 12.0.